The summed E-state index contributed by atoms with van der Waals surface area (Å²) in [6.07, 6.45) is 1.08. The van der Waals surface area contributed by atoms with Crippen LogP contribution in [0.4, 0.5) is 5.69 Å². The average Bonchev–Trinajstić information content (AvgIpc) is 2.86. The number of fused-ring (bicyclic) bond motifs is 1. The van der Waals surface area contributed by atoms with Crippen molar-refractivity contribution >= 4 is 28.8 Å². The van der Waals surface area contributed by atoms with Gasteiger partial charge in [0.05, 0.1) is 6.61 Å². The zero-order valence-electron chi connectivity index (χ0n) is 11.3. The second-order valence-corrected chi connectivity index (χ2v) is 4.32. The van der Waals surface area contributed by atoms with Crippen molar-refractivity contribution in [2.45, 2.75) is 0 Å². The highest BCUT2D eigenvalue weighted by molar-refractivity contribution is 5.96. The summed E-state index contributed by atoms with van der Waals surface area (Å²) in [4.78, 5) is 16.7. The number of rotatable bonds is 5. The number of hydrogen-bond donors (Lipinski definition) is 2. The second-order valence-electron chi connectivity index (χ2n) is 4.32. The molecule has 1 heterocycles. The Labute approximate surface area is 120 Å². The molecule has 0 fully saturated rings. The van der Waals surface area contributed by atoms with Gasteiger partial charge in [0.25, 0.3) is 0 Å². The maximum absolute atomic E-state index is 10.8. The molecule has 0 amide bonds. The van der Waals surface area contributed by atoms with E-state index in [-0.39, 0.29) is 12.5 Å². The number of nitrogens with zero attached hydrogens (tertiary/aromatic N) is 3. The molecule has 0 aliphatic rings. The topological polar surface area (TPSA) is 111 Å². The zero-order valence-corrected chi connectivity index (χ0v) is 11.3. The summed E-state index contributed by atoms with van der Waals surface area (Å²) in [6, 6.07) is 6.85. The highest BCUT2D eigenvalue weighted by atomic mass is 16.4. The number of aromatic nitrogens is 1. The molecule has 0 aliphatic carbocycles. The molecule has 0 saturated carbocycles. The maximum atomic E-state index is 10.8. The molecule has 7 nitrogen and oxygen atoms in total. The fraction of sp³-hybridized carbons (Fsp3) is 0.214. The summed E-state index contributed by atoms with van der Waals surface area (Å²) in [7, 11) is 1.83. The normalized spacial score (nSPS) is 11.4. The predicted octanol–water partition coefficient (Wildman–Crippen LogP) is 1.25. The maximum Gasteiger partial charge on any atom is 0.346 e. The first kappa shape index (κ1) is 14.6. The summed E-state index contributed by atoms with van der Waals surface area (Å²) in [6.45, 7) is 0.507. The molecule has 0 saturated heterocycles. The van der Waals surface area contributed by atoms with Gasteiger partial charge in [-0.25, -0.2) is 9.78 Å². The molecule has 2 N–H and O–H groups in total. The lowest BCUT2D eigenvalue weighted by molar-refractivity contribution is -0.132. The molecule has 7 heteroatoms. The van der Waals surface area contributed by atoms with Crippen molar-refractivity contribution in [3.05, 3.63) is 29.7 Å². The van der Waals surface area contributed by atoms with Crippen molar-refractivity contribution in [1.29, 1.82) is 5.26 Å². The third-order valence-corrected chi connectivity index (χ3v) is 2.88. The van der Waals surface area contributed by atoms with Crippen LogP contribution in [0.1, 0.15) is 5.89 Å². The number of aliphatic carboxylic acids is 1. The van der Waals surface area contributed by atoms with E-state index < -0.39 is 11.5 Å². The number of carboxylic acid groups (broad SMARTS) is 1. The van der Waals surface area contributed by atoms with Gasteiger partial charge < -0.3 is 19.5 Å². The van der Waals surface area contributed by atoms with Gasteiger partial charge in [-0.05, 0) is 12.1 Å². The average molecular weight is 287 g/mol. The van der Waals surface area contributed by atoms with Gasteiger partial charge in [-0.2, -0.15) is 5.26 Å². The number of carboxylic acids is 1. The summed E-state index contributed by atoms with van der Waals surface area (Å²) in [5, 5.41) is 26.4. The first-order valence-electron chi connectivity index (χ1n) is 6.13. The summed E-state index contributed by atoms with van der Waals surface area (Å²) in [5.41, 5.74) is 1.43. The minimum absolute atomic E-state index is 0.0308. The standard InChI is InChI=1S/C14H13N3O4/c1-17(4-5-18)10-2-3-11-12(7-10)21-13(16-11)6-9(8-15)14(19)20/h2-3,6-7,18H,4-5H2,1H3,(H,19,20)/b9-6+. The number of aliphatic hydroxyl groups is 1. The highest BCUT2D eigenvalue weighted by Gasteiger charge is 2.11. The molecule has 0 atom stereocenters. The van der Waals surface area contributed by atoms with Crippen molar-refractivity contribution in [3.8, 4) is 6.07 Å². The quantitative estimate of drug-likeness (QED) is 0.628. The Morgan fingerprint density at radius 1 is 1.57 bits per heavy atom. The lowest BCUT2D eigenvalue weighted by Gasteiger charge is -2.17. The molecule has 0 spiro atoms. The Kier molecular flexibility index (Phi) is 4.21. The number of aliphatic hydroxyl groups excluding tert-OH is 1. The largest absolute Gasteiger partial charge is 0.477 e. The van der Waals surface area contributed by atoms with E-state index in [0.29, 0.717) is 17.6 Å². The van der Waals surface area contributed by atoms with Crippen LogP contribution in [-0.4, -0.2) is 41.4 Å². The van der Waals surface area contributed by atoms with E-state index in [2.05, 4.69) is 4.98 Å². The highest BCUT2D eigenvalue weighted by Crippen LogP contribution is 2.23. The van der Waals surface area contributed by atoms with Crippen LogP contribution in [0, 0.1) is 11.3 Å². The van der Waals surface area contributed by atoms with Crippen LogP contribution in [0.15, 0.2) is 28.2 Å². The van der Waals surface area contributed by atoms with Crippen LogP contribution in [-0.2, 0) is 4.79 Å². The van der Waals surface area contributed by atoms with Gasteiger partial charge in [-0.3, -0.25) is 0 Å². The molecule has 108 valence electrons. The lowest BCUT2D eigenvalue weighted by Crippen LogP contribution is -2.20. The van der Waals surface area contributed by atoms with Gasteiger partial charge in [0.1, 0.15) is 17.2 Å². The molecule has 2 rings (SSSR count). The third-order valence-electron chi connectivity index (χ3n) is 2.88. The molecule has 21 heavy (non-hydrogen) atoms. The van der Waals surface area contributed by atoms with E-state index in [1.165, 1.54) is 0 Å². The van der Waals surface area contributed by atoms with Crippen LogP contribution in [0.3, 0.4) is 0 Å². The summed E-state index contributed by atoms with van der Waals surface area (Å²) < 4.78 is 5.43. The fourth-order valence-corrected chi connectivity index (χ4v) is 1.77. The van der Waals surface area contributed by atoms with E-state index in [9.17, 15) is 4.79 Å². The molecule has 0 aliphatic heterocycles. The van der Waals surface area contributed by atoms with E-state index >= 15 is 0 Å². The first-order chi connectivity index (χ1) is 10.0. The van der Waals surface area contributed by atoms with Gasteiger partial charge in [-0.15, -0.1) is 0 Å². The molecule has 0 unspecified atom stereocenters. The van der Waals surface area contributed by atoms with Crippen LogP contribution in [0.25, 0.3) is 17.2 Å². The number of carbonyl (C=O) groups is 1. The number of likely N-dealkylation sites (N-methyl/N-ethyl adjacent to an activating group) is 1. The van der Waals surface area contributed by atoms with Crippen LogP contribution >= 0.6 is 0 Å². The minimum Gasteiger partial charge on any atom is -0.477 e. The first-order valence-corrected chi connectivity index (χ1v) is 6.13. The van der Waals surface area contributed by atoms with Gasteiger partial charge in [0.2, 0.25) is 5.89 Å². The van der Waals surface area contributed by atoms with Crippen molar-refractivity contribution in [2.24, 2.45) is 0 Å². The fourth-order valence-electron chi connectivity index (χ4n) is 1.77. The van der Waals surface area contributed by atoms with Gasteiger partial charge in [0, 0.05) is 31.4 Å². The SMILES string of the molecule is CN(CCO)c1ccc2nc(/C=C(\C#N)C(=O)O)oc2c1. The van der Waals surface area contributed by atoms with E-state index in [1.807, 2.05) is 18.0 Å². The van der Waals surface area contributed by atoms with Crippen molar-refractivity contribution in [3.63, 3.8) is 0 Å². The zero-order chi connectivity index (χ0) is 15.4. The number of hydrogen-bond acceptors (Lipinski definition) is 6. The summed E-state index contributed by atoms with van der Waals surface area (Å²) in [5.74, 6) is -1.27. The Morgan fingerprint density at radius 2 is 2.33 bits per heavy atom. The third kappa shape index (κ3) is 3.19. The van der Waals surface area contributed by atoms with Gasteiger partial charge in [0.15, 0.2) is 5.58 Å². The number of anilines is 1. The van der Waals surface area contributed by atoms with Crippen LogP contribution in [0.5, 0.6) is 0 Å². The smallest absolute Gasteiger partial charge is 0.346 e. The molecule has 2 aromatic rings. The van der Waals surface area contributed by atoms with Crippen molar-refractivity contribution in [2.75, 3.05) is 25.1 Å². The number of oxazole rings is 1. The number of nitriles is 1. The molecule has 0 bridgehead atoms. The molecular formula is C14H13N3O4. The van der Waals surface area contributed by atoms with E-state index in [0.717, 1.165) is 11.8 Å². The Balaban J connectivity index is 2.39. The Hall–Kier alpha value is -2.85. The minimum atomic E-state index is -1.33. The van der Waals surface area contributed by atoms with Crippen molar-refractivity contribution < 1.29 is 19.4 Å². The van der Waals surface area contributed by atoms with E-state index in [1.54, 1.807) is 18.2 Å². The molecule has 0 radical (unpaired) electrons. The molecule has 1 aromatic heterocycles. The molecular weight excluding hydrogens is 274 g/mol. The Morgan fingerprint density at radius 3 is 2.95 bits per heavy atom. The summed E-state index contributed by atoms with van der Waals surface area (Å²) >= 11 is 0. The number of benzene rings is 1. The van der Waals surface area contributed by atoms with Crippen LogP contribution in [0.2, 0.25) is 0 Å². The lowest BCUT2D eigenvalue weighted by atomic mass is 10.2. The predicted molar refractivity (Wildman–Crippen MR) is 75.6 cm³/mol. The second kappa shape index (κ2) is 6.07. The monoisotopic (exact) mass is 287 g/mol. The van der Waals surface area contributed by atoms with Gasteiger partial charge in [-0.1, -0.05) is 0 Å². The Bertz CT molecular complexity index is 742. The molecule has 1 aromatic carbocycles. The van der Waals surface area contributed by atoms with Crippen molar-refractivity contribution in [1.82, 2.24) is 4.98 Å². The van der Waals surface area contributed by atoms with E-state index in [4.69, 9.17) is 19.9 Å². The van der Waals surface area contributed by atoms with Crippen LogP contribution < -0.4 is 4.90 Å². The van der Waals surface area contributed by atoms with Gasteiger partial charge >= 0.3 is 5.97 Å².